The average Bonchev–Trinajstić information content (AvgIpc) is 2.92. The fraction of sp³-hybridized carbons (Fsp3) is 0.778. The van der Waals surface area contributed by atoms with Crippen molar-refractivity contribution in [2.24, 2.45) is 0 Å². The van der Waals surface area contributed by atoms with E-state index in [9.17, 15) is 17.6 Å². The Hall–Kier alpha value is -0.600. The minimum absolute atomic E-state index is 0.238. The number of halogens is 4. The average molecular weight is 535 g/mol. The van der Waals surface area contributed by atoms with Crippen LogP contribution in [0.3, 0.4) is 0 Å². The lowest BCUT2D eigenvalue weighted by Gasteiger charge is -2.32. The molecule has 2 nitrogen and oxygen atoms in total. The Bertz CT molecular complexity index is 767. The summed E-state index contributed by atoms with van der Waals surface area (Å²) in [7, 11) is 0. The molecular weight excluding hydrogens is 496 g/mol. The van der Waals surface area contributed by atoms with Crippen molar-refractivity contribution >= 4 is 24.1 Å². The van der Waals surface area contributed by atoms with Crippen LogP contribution in [0.2, 0.25) is 0 Å². The van der Waals surface area contributed by atoms with E-state index in [1.807, 2.05) is 0 Å². The molecule has 1 aromatic rings. The smallest absolute Gasteiger partial charge is 0.363 e. The van der Waals surface area contributed by atoms with Crippen molar-refractivity contribution in [2.75, 3.05) is 0 Å². The van der Waals surface area contributed by atoms with E-state index in [2.05, 4.69) is 12.1 Å². The summed E-state index contributed by atoms with van der Waals surface area (Å²) in [4.78, 5) is 0. The van der Waals surface area contributed by atoms with E-state index in [1.165, 1.54) is 37.7 Å². The third-order valence-electron chi connectivity index (χ3n) is 8.22. The molecule has 198 valence electrons. The Labute approximate surface area is 215 Å². The third kappa shape index (κ3) is 6.84. The van der Waals surface area contributed by atoms with E-state index in [0.29, 0.717) is 11.7 Å². The lowest BCUT2D eigenvalue weighted by Crippen LogP contribution is -2.33. The van der Waals surface area contributed by atoms with Crippen LogP contribution >= 0.6 is 24.1 Å². The monoisotopic (exact) mass is 534 g/mol. The van der Waals surface area contributed by atoms with Crippen LogP contribution in [0.1, 0.15) is 131 Å². The molecule has 0 aliphatic heterocycles. The van der Waals surface area contributed by atoms with Gasteiger partial charge in [0.05, 0.1) is 0 Å². The molecule has 0 amide bonds. The van der Waals surface area contributed by atoms with Gasteiger partial charge in [0.1, 0.15) is 17.8 Å². The topological polar surface area (TPSA) is 29.5 Å². The lowest BCUT2D eigenvalue weighted by molar-refractivity contribution is -0.00873. The van der Waals surface area contributed by atoms with Crippen LogP contribution < -0.4 is 4.18 Å². The molecular formula is C27H38F4O2S2. The van der Waals surface area contributed by atoms with Gasteiger partial charge in [0, 0.05) is 12.0 Å². The number of rotatable bonds is 9. The molecule has 0 heterocycles. The van der Waals surface area contributed by atoms with Crippen LogP contribution in [0, 0.1) is 0 Å². The zero-order chi connectivity index (χ0) is 24.8. The standard InChI is InChI=1S/C27H38F4O2S2/c28-25(26(29)34-32)27(30,31)35-33-24-22(19-12-6-2-7-13-19)16-21(18-10-4-1-5-11-18)17-23(24)20-14-8-3-9-15-20/h16-20,25-26,32H,1-15H2. The Morgan fingerprint density at radius 2 is 1.17 bits per heavy atom. The minimum atomic E-state index is -4.12. The molecule has 4 rings (SSSR count). The molecule has 3 aliphatic carbocycles. The Balaban J connectivity index is 1.72. The van der Waals surface area contributed by atoms with E-state index in [0.717, 1.165) is 75.3 Å². The molecule has 0 bridgehead atoms. The quantitative estimate of drug-likeness (QED) is 0.252. The molecule has 3 aliphatic rings. The van der Waals surface area contributed by atoms with E-state index >= 15 is 0 Å². The minimum Gasteiger partial charge on any atom is -0.419 e. The first-order valence-corrected chi connectivity index (χ1v) is 15.0. The lowest BCUT2D eigenvalue weighted by atomic mass is 9.75. The SMILES string of the molecule is OSC(F)C(F)C(F)(F)SOc1c(C2CCCCC2)cc(C2CCCCC2)cc1C1CCCCC1. The molecule has 1 N–H and O–H groups in total. The number of hydrogen-bond donors (Lipinski definition) is 1. The van der Waals surface area contributed by atoms with Gasteiger partial charge in [0.25, 0.3) is 0 Å². The van der Waals surface area contributed by atoms with Crippen molar-refractivity contribution in [1.29, 1.82) is 0 Å². The van der Waals surface area contributed by atoms with Crippen molar-refractivity contribution < 1.29 is 26.3 Å². The zero-order valence-electron chi connectivity index (χ0n) is 20.3. The number of hydrogen-bond acceptors (Lipinski definition) is 4. The number of benzene rings is 1. The molecule has 0 spiro atoms. The van der Waals surface area contributed by atoms with E-state index in [1.54, 1.807) is 0 Å². The van der Waals surface area contributed by atoms with Gasteiger partial charge in [0.2, 0.25) is 11.7 Å². The van der Waals surface area contributed by atoms with E-state index < -0.39 is 29.0 Å². The van der Waals surface area contributed by atoms with Crippen LogP contribution in [0.4, 0.5) is 17.6 Å². The first-order valence-electron chi connectivity index (χ1n) is 13.4. The fourth-order valence-electron chi connectivity index (χ4n) is 6.25. The van der Waals surface area contributed by atoms with Crippen LogP contribution in [0.15, 0.2) is 12.1 Å². The highest BCUT2D eigenvalue weighted by atomic mass is 32.2. The van der Waals surface area contributed by atoms with Crippen molar-refractivity contribution in [3.8, 4) is 5.75 Å². The summed E-state index contributed by atoms with van der Waals surface area (Å²) >= 11 is -0.831. The van der Waals surface area contributed by atoms with E-state index in [-0.39, 0.29) is 23.9 Å². The van der Waals surface area contributed by atoms with Gasteiger partial charge in [-0.25, -0.2) is 8.78 Å². The summed E-state index contributed by atoms with van der Waals surface area (Å²) in [6, 6.07) is 4.39. The second-order valence-electron chi connectivity index (χ2n) is 10.6. The van der Waals surface area contributed by atoms with Gasteiger partial charge in [-0.1, -0.05) is 69.9 Å². The summed E-state index contributed by atoms with van der Waals surface area (Å²) in [5.41, 5.74) is 0.546. The van der Waals surface area contributed by atoms with Gasteiger partial charge < -0.3 is 8.74 Å². The Morgan fingerprint density at radius 3 is 1.60 bits per heavy atom. The van der Waals surface area contributed by atoms with Crippen molar-refractivity contribution in [3.63, 3.8) is 0 Å². The van der Waals surface area contributed by atoms with Crippen LogP contribution in [0.5, 0.6) is 5.75 Å². The predicted molar refractivity (Wildman–Crippen MR) is 137 cm³/mol. The van der Waals surface area contributed by atoms with Gasteiger partial charge in [-0.3, -0.25) is 0 Å². The molecule has 0 aromatic heterocycles. The van der Waals surface area contributed by atoms with Crippen LogP contribution in [-0.2, 0) is 0 Å². The second kappa shape index (κ2) is 12.8. The first-order chi connectivity index (χ1) is 16.9. The third-order valence-corrected chi connectivity index (χ3v) is 9.36. The molecule has 3 fully saturated rings. The summed E-state index contributed by atoms with van der Waals surface area (Å²) in [5.74, 6) is 1.43. The normalized spacial score (nSPS) is 23.2. The van der Waals surface area contributed by atoms with Gasteiger partial charge in [0.15, 0.2) is 0 Å². The number of alkyl halides is 4. The highest BCUT2D eigenvalue weighted by Crippen LogP contribution is 2.50. The Kier molecular flexibility index (Phi) is 10.0. The summed E-state index contributed by atoms with van der Waals surface area (Å²) < 4.78 is 71.3. The van der Waals surface area contributed by atoms with Gasteiger partial charge >= 0.3 is 5.25 Å². The first kappa shape index (κ1) is 27.4. The maximum Gasteiger partial charge on any atom is 0.363 e. The molecule has 35 heavy (non-hydrogen) atoms. The molecule has 0 saturated heterocycles. The molecule has 8 heteroatoms. The van der Waals surface area contributed by atoms with Gasteiger partial charge in [-0.15, -0.1) is 0 Å². The maximum absolute atomic E-state index is 14.6. The second-order valence-corrected chi connectivity index (χ2v) is 12.2. The molecule has 3 saturated carbocycles. The van der Waals surface area contributed by atoms with Gasteiger partial charge in [-0.05, 0) is 73.0 Å². The highest BCUT2D eigenvalue weighted by Gasteiger charge is 2.49. The van der Waals surface area contributed by atoms with E-state index in [4.69, 9.17) is 8.74 Å². The van der Waals surface area contributed by atoms with Crippen molar-refractivity contribution in [3.05, 3.63) is 28.8 Å². The molecule has 0 radical (unpaired) electrons. The van der Waals surface area contributed by atoms with Crippen LogP contribution in [-0.4, -0.2) is 21.5 Å². The fourth-order valence-corrected chi connectivity index (χ4v) is 7.21. The largest absolute Gasteiger partial charge is 0.419 e. The van der Waals surface area contributed by atoms with Crippen molar-refractivity contribution in [2.45, 2.75) is 131 Å². The van der Waals surface area contributed by atoms with Crippen LogP contribution in [0.25, 0.3) is 0 Å². The summed E-state index contributed by atoms with van der Waals surface area (Å²) in [5, 5.41) is -4.12. The molecule has 2 unspecified atom stereocenters. The van der Waals surface area contributed by atoms with Crippen molar-refractivity contribution in [1.82, 2.24) is 0 Å². The summed E-state index contributed by atoms with van der Waals surface area (Å²) in [6.45, 7) is 0. The van der Waals surface area contributed by atoms with Gasteiger partial charge in [-0.2, -0.15) is 8.78 Å². The summed E-state index contributed by atoms with van der Waals surface area (Å²) in [6.07, 6.45) is 13.6. The predicted octanol–water partition coefficient (Wildman–Crippen LogP) is 10.3. The molecule has 1 aromatic carbocycles. The molecule has 2 atom stereocenters. The maximum atomic E-state index is 14.6. The zero-order valence-corrected chi connectivity index (χ0v) is 22.0. The highest BCUT2D eigenvalue weighted by molar-refractivity contribution is 7.96. The Morgan fingerprint density at radius 1 is 0.743 bits per heavy atom.